The predicted octanol–water partition coefficient (Wildman–Crippen LogP) is -0.333. The van der Waals surface area contributed by atoms with E-state index in [2.05, 4.69) is 0 Å². The fourth-order valence-corrected chi connectivity index (χ4v) is 2.15. The lowest BCUT2D eigenvalue weighted by Gasteiger charge is -2.45. The van der Waals surface area contributed by atoms with E-state index in [0.717, 1.165) is 6.54 Å². The van der Waals surface area contributed by atoms with E-state index in [1.165, 1.54) is 0 Å². The first kappa shape index (κ1) is 13.9. The number of hydrogen-bond acceptors (Lipinski definition) is 5. The van der Waals surface area contributed by atoms with E-state index >= 15 is 0 Å². The van der Waals surface area contributed by atoms with E-state index in [9.17, 15) is 5.11 Å². The first-order chi connectivity index (χ1) is 7.56. The summed E-state index contributed by atoms with van der Waals surface area (Å²) in [5, 5.41) is 19.4. The predicted molar refractivity (Wildman–Crippen MR) is 60.0 cm³/mol. The molecule has 0 aromatic rings. The Morgan fingerprint density at radius 1 is 1.44 bits per heavy atom. The number of hydrogen-bond donors (Lipinski definition) is 2. The topological polar surface area (TPSA) is 62.2 Å². The Kier molecular flexibility index (Phi) is 5.14. The fourth-order valence-electron chi connectivity index (χ4n) is 2.15. The molecule has 1 rings (SSSR count). The third-order valence-corrected chi connectivity index (χ3v) is 3.48. The molecule has 0 bridgehead atoms. The molecule has 5 atom stereocenters. The molecule has 0 amide bonds. The molecule has 2 unspecified atom stereocenters. The summed E-state index contributed by atoms with van der Waals surface area (Å²) >= 11 is 0. The van der Waals surface area contributed by atoms with Gasteiger partial charge in [0.15, 0.2) is 6.29 Å². The van der Waals surface area contributed by atoms with Gasteiger partial charge in [0.2, 0.25) is 0 Å². The summed E-state index contributed by atoms with van der Waals surface area (Å²) in [5.74, 6) is -0.101. The van der Waals surface area contributed by atoms with Gasteiger partial charge in [-0.05, 0) is 13.6 Å². The zero-order chi connectivity index (χ0) is 12.3. The number of nitrogens with zero attached hydrogens (tertiary/aromatic N) is 1. The minimum atomic E-state index is -0.555. The van der Waals surface area contributed by atoms with Crippen LogP contribution in [0.1, 0.15) is 13.8 Å². The summed E-state index contributed by atoms with van der Waals surface area (Å²) in [4.78, 5) is 2.00. The summed E-state index contributed by atoms with van der Waals surface area (Å²) < 4.78 is 10.9. The lowest BCUT2D eigenvalue weighted by Crippen LogP contribution is -2.60. The van der Waals surface area contributed by atoms with Crippen molar-refractivity contribution in [2.45, 2.75) is 38.4 Å². The van der Waals surface area contributed by atoms with Crippen molar-refractivity contribution in [2.75, 3.05) is 27.3 Å². The molecule has 1 aliphatic rings. The molecule has 96 valence electrons. The molecule has 1 heterocycles. The second kappa shape index (κ2) is 5.93. The Morgan fingerprint density at radius 2 is 2.06 bits per heavy atom. The Morgan fingerprint density at radius 3 is 2.50 bits per heavy atom. The molecule has 5 heteroatoms. The molecule has 0 aromatic carbocycles. The average Bonchev–Trinajstić information content (AvgIpc) is 2.31. The van der Waals surface area contributed by atoms with E-state index in [1.54, 1.807) is 7.11 Å². The molecular weight excluding hydrogens is 210 g/mol. The molecule has 2 N–H and O–H groups in total. The van der Waals surface area contributed by atoms with Crippen molar-refractivity contribution in [2.24, 2.45) is 5.92 Å². The second-order valence-corrected chi connectivity index (χ2v) is 4.37. The van der Waals surface area contributed by atoms with Crippen molar-refractivity contribution in [3.63, 3.8) is 0 Å². The van der Waals surface area contributed by atoms with Gasteiger partial charge >= 0.3 is 0 Å². The number of methoxy groups -OCH3 is 1. The quantitative estimate of drug-likeness (QED) is 0.696. The smallest absolute Gasteiger partial charge is 0.175 e. The second-order valence-electron chi connectivity index (χ2n) is 4.37. The van der Waals surface area contributed by atoms with Gasteiger partial charge in [0.25, 0.3) is 0 Å². The van der Waals surface area contributed by atoms with Gasteiger partial charge in [-0.25, -0.2) is 0 Å². The highest BCUT2D eigenvalue weighted by Crippen LogP contribution is 2.28. The maximum absolute atomic E-state index is 10.2. The van der Waals surface area contributed by atoms with Crippen LogP contribution in [-0.2, 0) is 9.47 Å². The van der Waals surface area contributed by atoms with Crippen molar-refractivity contribution in [3.05, 3.63) is 0 Å². The van der Waals surface area contributed by atoms with Gasteiger partial charge in [-0.3, -0.25) is 4.90 Å². The lowest BCUT2D eigenvalue weighted by molar-refractivity contribution is -0.263. The van der Waals surface area contributed by atoms with E-state index in [0.29, 0.717) is 0 Å². The maximum Gasteiger partial charge on any atom is 0.175 e. The summed E-state index contributed by atoms with van der Waals surface area (Å²) in [5.41, 5.74) is 0. The minimum Gasteiger partial charge on any atom is -0.394 e. The van der Waals surface area contributed by atoms with Gasteiger partial charge in [0, 0.05) is 13.0 Å². The lowest BCUT2D eigenvalue weighted by atomic mass is 9.89. The molecule has 1 aliphatic heterocycles. The monoisotopic (exact) mass is 233 g/mol. The molecule has 5 nitrogen and oxygen atoms in total. The van der Waals surface area contributed by atoms with Crippen LogP contribution in [0.25, 0.3) is 0 Å². The summed E-state index contributed by atoms with van der Waals surface area (Å²) in [6, 6.07) is -0.187. The molecule has 1 saturated heterocycles. The zero-order valence-electron chi connectivity index (χ0n) is 10.5. The summed E-state index contributed by atoms with van der Waals surface area (Å²) in [6.07, 6.45) is -1.41. The van der Waals surface area contributed by atoms with Crippen LogP contribution >= 0.6 is 0 Å². The SMILES string of the molecule is CCN(C)C1[C@@H](OC)OC(CO)[C@H](C)[C@@H]1O. The number of aliphatic hydroxyl groups excluding tert-OH is 2. The average molecular weight is 233 g/mol. The minimum absolute atomic E-state index is 0.0966. The van der Waals surface area contributed by atoms with Gasteiger partial charge in [0.1, 0.15) is 0 Å². The number of aliphatic hydroxyl groups is 2. The van der Waals surface area contributed by atoms with Crippen LogP contribution in [0.3, 0.4) is 0 Å². The van der Waals surface area contributed by atoms with Crippen LogP contribution < -0.4 is 0 Å². The van der Waals surface area contributed by atoms with Crippen molar-refractivity contribution in [3.8, 4) is 0 Å². The highest BCUT2D eigenvalue weighted by atomic mass is 16.7. The van der Waals surface area contributed by atoms with Crippen LogP contribution in [0.5, 0.6) is 0 Å². The van der Waals surface area contributed by atoms with Crippen molar-refractivity contribution >= 4 is 0 Å². The van der Waals surface area contributed by atoms with Crippen molar-refractivity contribution in [1.82, 2.24) is 4.90 Å². The molecule has 0 spiro atoms. The maximum atomic E-state index is 10.2. The van der Waals surface area contributed by atoms with E-state index in [4.69, 9.17) is 14.6 Å². The third kappa shape index (κ3) is 2.55. The standard InChI is InChI=1S/C11H23NO4/c1-5-12(3)9-10(14)7(2)8(6-13)16-11(9)15-4/h7-11,13-14H,5-6H2,1-4H3/t7-,8?,9?,10-,11-/m0/s1. The summed E-state index contributed by atoms with van der Waals surface area (Å²) in [7, 11) is 3.48. The first-order valence-electron chi connectivity index (χ1n) is 5.74. The molecule has 0 radical (unpaired) electrons. The molecule has 0 saturated carbocycles. The Balaban J connectivity index is 2.81. The Labute approximate surface area is 97.0 Å². The van der Waals surface area contributed by atoms with E-state index in [-0.39, 0.29) is 24.7 Å². The van der Waals surface area contributed by atoms with Gasteiger partial charge < -0.3 is 19.7 Å². The third-order valence-electron chi connectivity index (χ3n) is 3.48. The van der Waals surface area contributed by atoms with Crippen molar-refractivity contribution < 1.29 is 19.7 Å². The normalized spacial score (nSPS) is 40.3. The van der Waals surface area contributed by atoms with Crippen LogP contribution in [0.15, 0.2) is 0 Å². The molecule has 0 aliphatic carbocycles. The van der Waals surface area contributed by atoms with Gasteiger partial charge in [-0.15, -0.1) is 0 Å². The van der Waals surface area contributed by atoms with Crippen molar-refractivity contribution in [1.29, 1.82) is 0 Å². The largest absolute Gasteiger partial charge is 0.394 e. The van der Waals surface area contributed by atoms with E-state index in [1.807, 2.05) is 25.8 Å². The van der Waals surface area contributed by atoms with Crippen LogP contribution in [0, 0.1) is 5.92 Å². The highest BCUT2D eigenvalue weighted by Gasteiger charge is 2.44. The van der Waals surface area contributed by atoms with Crippen LogP contribution in [0.2, 0.25) is 0 Å². The molecular formula is C11H23NO4. The summed E-state index contributed by atoms with van der Waals surface area (Å²) in [6.45, 7) is 4.61. The molecule has 16 heavy (non-hydrogen) atoms. The van der Waals surface area contributed by atoms with Gasteiger partial charge in [-0.2, -0.15) is 0 Å². The van der Waals surface area contributed by atoms with E-state index < -0.39 is 12.4 Å². The Hall–Kier alpha value is -0.200. The highest BCUT2D eigenvalue weighted by molar-refractivity contribution is 4.91. The van der Waals surface area contributed by atoms with Crippen LogP contribution in [-0.4, -0.2) is 67.0 Å². The Bertz CT molecular complexity index is 212. The zero-order valence-corrected chi connectivity index (χ0v) is 10.5. The molecule has 0 aromatic heterocycles. The fraction of sp³-hybridized carbons (Fsp3) is 1.00. The molecule has 1 fully saturated rings. The number of likely N-dealkylation sites (N-methyl/N-ethyl adjacent to an activating group) is 1. The number of ether oxygens (including phenoxy) is 2. The van der Waals surface area contributed by atoms with Gasteiger partial charge in [-0.1, -0.05) is 13.8 Å². The number of rotatable bonds is 4. The first-order valence-corrected chi connectivity index (χ1v) is 5.74. The van der Waals surface area contributed by atoms with Gasteiger partial charge in [0.05, 0.1) is 24.9 Å². The van der Waals surface area contributed by atoms with Crippen LogP contribution in [0.4, 0.5) is 0 Å².